The number of carboxylic acid groups (broad SMARTS) is 1. The smallest absolute Gasteiger partial charge is 0.303 e. The highest BCUT2D eigenvalue weighted by Crippen LogP contribution is 2.70. The molecule has 0 bridgehead atoms. The average molecular weight is 733 g/mol. The fourth-order valence-corrected chi connectivity index (χ4v) is 10.6. The second-order valence-corrected chi connectivity index (χ2v) is 17.3. The number of fused-ring (bicyclic) bond motifs is 5. The molecule has 0 aromatic carbocycles. The predicted octanol–water partition coefficient (Wildman–Crippen LogP) is 9.79. The predicted molar refractivity (Wildman–Crippen MR) is 206 cm³/mol. The van der Waals surface area contributed by atoms with E-state index in [-0.39, 0.29) is 18.1 Å². The summed E-state index contributed by atoms with van der Waals surface area (Å²) in [5, 5.41) is 40.5. The molecule has 0 amide bonds. The van der Waals surface area contributed by atoms with Gasteiger partial charge in [0.2, 0.25) is 0 Å². The summed E-state index contributed by atoms with van der Waals surface area (Å²) in [4.78, 5) is 34.8. The van der Waals surface area contributed by atoms with E-state index >= 15 is 4.39 Å². The molecule has 52 heavy (non-hydrogen) atoms. The van der Waals surface area contributed by atoms with Gasteiger partial charge in [-0.05, 0) is 63.0 Å². The topological polar surface area (TPSA) is 132 Å². The molecule has 0 heterocycles. The highest BCUT2D eigenvalue weighted by Gasteiger charge is 2.75. The maximum Gasteiger partial charge on any atom is 0.303 e. The van der Waals surface area contributed by atoms with Crippen LogP contribution >= 0.6 is 0 Å². The lowest BCUT2D eigenvalue weighted by molar-refractivity contribution is -0.219. The molecule has 0 saturated heterocycles. The lowest BCUT2D eigenvalue weighted by atomic mass is 9.44. The first kappa shape index (κ1) is 44.5. The molecule has 4 N–H and O–H groups in total. The molecule has 298 valence electrons. The first-order chi connectivity index (χ1) is 24.7. The van der Waals surface area contributed by atoms with E-state index in [0.29, 0.717) is 31.3 Å². The number of hydrogen-bond acceptors (Lipinski definition) is 6. The second kappa shape index (κ2) is 20.7. The van der Waals surface area contributed by atoms with Gasteiger partial charge in [-0.2, -0.15) is 0 Å². The standard InChI is InChI=1S/C22H29FO5.C22H44O2/c1-12-8-16-15-5-4-13-9-14(25)6-7-19(13,2)21(15,23)17(26)10-20(16,3)22(12,28)18(27)11-24;1-2-3-4-5-6-7-8-9-10-11-12-13-14-15-16-17-18-19-20-21-22(23)24/h6-7,9,12,15-17,24,26,28H,4-5,8,10-11H2,1-3H3;2-21H2,1H3,(H,23,24)/t12-,15+,16+,17+,19+,20+,21+,22+;/m1./s1. The number of carboxylic acids is 1. The third kappa shape index (κ3) is 10.0. The van der Waals surface area contributed by atoms with Crippen molar-refractivity contribution in [2.45, 2.75) is 199 Å². The van der Waals surface area contributed by atoms with Crippen molar-refractivity contribution in [2.75, 3.05) is 6.61 Å². The number of unbranched alkanes of at least 4 members (excludes halogenated alkanes) is 18. The van der Waals surface area contributed by atoms with E-state index in [1.807, 2.05) is 0 Å². The number of allylic oxidation sites excluding steroid dienone is 4. The molecule has 0 radical (unpaired) electrons. The van der Waals surface area contributed by atoms with Crippen LogP contribution in [0.2, 0.25) is 0 Å². The Balaban J connectivity index is 0.000000285. The van der Waals surface area contributed by atoms with Gasteiger partial charge in [-0.3, -0.25) is 14.4 Å². The minimum Gasteiger partial charge on any atom is -0.481 e. The molecule has 0 aliphatic heterocycles. The number of carbonyl (C=O) groups is 3. The lowest BCUT2D eigenvalue weighted by Gasteiger charge is -2.62. The van der Waals surface area contributed by atoms with E-state index in [9.17, 15) is 29.7 Å². The zero-order valence-electron chi connectivity index (χ0n) is 33.1. The zero-order chi connectivity index (χ0) is 38.4. The van der Waals surface area contributed by atoms with E-state index in [0.717, 1.165) is 12.8 Å². The number of alkyl halides is 1. The molecule has 3 fully saturated rings. The van der Waals surface area contributed by atoms with Gasteiger partial charge >= 0.3 is 5.97 Å². The molecule has 4 rings (SSSR count). The van der Waals surface area contributed by atoms with E-state index < -0.39 is 58.4 Å². The Morgan fingerprint density at radius 1 is 0.827 bits per heavy atom. The van der Waals surface area contributed by atoms with Gasteiger partial charge in [-0.15, -0.1) is 0 Å². The number of ketones is 2. The van der Waals surface area contributed by atoms with Gasteiger partial charge in [0.05, 0.1) is 6.10 Å². The molecule has 4 aliphatic rings. The van der Waals surface area contributed by atoms with E-state index in [1.54, 1.807) is 26.8 Å². The molecule has 4 aliphatic carbocycles. The Hall–Kier alpha value is -1.90. The Kier molecular flexibility index (Phi) is 17.7. The van der Waals surface area contributed by atoms with Crippen LogP contribution in [0.3, 0.4) is 0 Å². The molecule has 0 aromatic rings. The van der Waals surface area contributed by atoms with Crippen molar-refractivity contribution in [3.63, 3.8) is 0 Å². The summed E-state index contributed by atoms with van der Waals surface area (Å²) in [6.07, 6.45) is 30.5. The number of aliphatic hydroxyl groups is 3. The van der Waals surface area contributed by atoms with Crippen LogP contribution in [0, 0.1) is 28.6 Å². The van der Waals surface area contributed by atoms with Crippen LogP contribution < -0.4 is 0 Å². The third-order valence-corrected chi connectivity index (χ3v) is 13.8. The highest BCUT2D eigenvalue weighted by molar-refractivity contribution is 6.01. The first-order valence-electron chi connectivity index (χ1n) is 21.1. The highest BCUT2D eigenvalue weighted by atomic mass is 19.1. The zero-order valence-corrected chi connectivity index (χ0v) is 33.1. The van der Waals surface area contributed by atoms with Gasteiger partial charge < -0.3 is 20.4 Å². The summed E-state index contributed by atoms with van der Waals surface area (Å²) in [6, 6.07) is 0. The van der Waals surface area contributed by atoms with Crippen molar-refractivity contribution < 1.29 is 39.2 Å². The Bertz CT molecular complexity index is 1210. The van der Waals surface area contributed by atoms with Gasteiger partial charge in [0.25, 0.3) is 0 Å². The molecule has 0 spiro atoms. The number of Topliss-reactive ketones (excluding diaryl/α,β-unsaturated/α-hetero) is 1. The fraction of sp³-hybridized carbons (Fsp3) is 0.841. The van der Waals surface area contributed by atoms with Crippen LogP contribution in [0.4, 0.5) is 4.39 Å². The normalized spacial score (nSPS) is 33.4. The van der Waals surface area contributed by atoms with Gasteiger partial charge in [0.1, 0.15) is 12.2 Å². The molecule has 8 atom stereocenters. The second-order valence-electron chi connectivity index (χ2n) is 17.3. The summed E-state index contributed by atoms with van der Waals surface area (Å²) in [7, 11) is 0. The summed E-state index contributed by atoms with van der Waals surface area (Å²) in [6.45, 7) is 6.76. The molecule has 0 unspecified atom stereocenters. The third-order valence-electron chi connectivity index (χ3n) is 13.8. The van der Waals surface area contributed by atoms with Crippen LogP contribution in [0.5, 0.6) is 0 Å². The monoisotopic (exact) mass is 733 g/mol. The van der Waals surface area contributed by atoms with E-state index in [2.05, 4.69) is 6.92 Å². The minimum absolute atomic E-state index is 0.0676. The number of aliphatic hydroxyl groups excluding tert-OH is 2. The number of hydrogen-bond donors (Lipinski definition) is 4. The van der Waals surface area contributed by atoms with Crippen LogP contribution in [0.1, 0.15) is 182 Å². The fourth-order valence-electron chi connectivity index (χ4n) is 10.6. The molecular formula is C44H73FO7. The molecule has 3 saturated carbocycles. The Morgan fingerprint density at radius 3 is 1.77 bits per heavy atom. The van der Waals surface area contributed by atoms with Gasteiger partial charge in [-0.25, -0.2) is 4.39 Å². The lowest BCUT2D eigenvalue weighted by Crippen LogP contribution is -2.69. The SMILES string of the molecule is CCCCCCCCCCCCCCCCCCCCCC(=O)O.C[C@@H]1C[C@H]2[C@@H]3CCC4=CC(=O)C=C[C@]4(C)[C@@]3(F)[C@@H](O)C[C@]2(C)[C@@]1(O)C(=O)CO. The maximum absolute atomic E-state index is 16.9. The average Bonchev–Trinajstić information content (AvgIpc) is 3.31. The number of carbonyl (C=O) groups excluding carboxylic acids is 2. The van der Waals surface area contributed by atoms with Crippen LogP contribution in [-0.2, 0) is 14.4 Å². The number of aliphatic carboxylic acids is 1. The molecule has 7 nitrogen and oxygen atoms in total. The van der Waals surface area contributed by atoms with Crippen molar-refractivity contribution in [3.05, 3.63) is 23.8 Å². The minimum atomic E-state index is -1.98. The van der Waals surface area contributed by atoms with E-state index in [1.165, 1.54) is 121 Å². The summed E-state index contributed by atoms with van der Waals surface area (Å²) < 4.78 is 16.9. The first-order valence-corrected chi connectivity index (χ1v) is 21.1. The quantitative estimate of drug-likeness (QED) is 0.0815. The van der Waals surface area contributed by atoms with Crippen molar-refractivity contribution in [1.82, 2.24) is 0 Å². The van der Waals surface area contributed by atoms with Crippen LogP contribution in [-0.4, -0.2) is 61.9 Å². The van der Waals surface area contributed by atoms with Crippen LogP contribution in [0.15, 0.2) is 23.8 Å². The molecule has 8 heteroatoms. The van der Waals surface area contributed by atoms with Gasteiger partial charge in [-0.1, -0.05) is 148 Å². The molecule has 0 aromatic heterocycles. The Morgan fingerprint density at radius 2 is 1.31 bits per heavy atom. The summed E-state index contributed by atoms with van der Waals surface area (Å²) in [5.74, 6) is -2.77. The summed E-state index contributed by atoms with van der Waals surface area (Å²) >= 11 is 0. The number of rotatable bonds is 22. The summed E-state index contributed by atoms with van der Waals surface area (Å²) in [5.41, 5.74) is -5.17. The largest absolute Gasteiger partial charge is 0.481 e. The van der Waals surface area contributed by atoms with Crippen molar-refractivity contribution >= 4 is 17.5 Å². The van der Waals surface area contributed by atoms with Gasteiger partial charge in [0.15, 0.2) is 17.2 Å². The molecular weight excluding hydrogens is 659 g/mol. The van der Waals surface area contributed by atoms with Gasteiger partial charge in [0, 0.05) is 23.2 Å². The Labute approximate surface area is 314 Å². The number of halogens is 1. The van der Waals surface area contributed by atoms with Crippen LogP contribution in [0.25, 0.3) is 0 Å². The van der Waals surface area contributed by atoms with Crippen molar-refractivity contribution in [1.29, 1.82) is 0 Å². The maximum atomic E-state index is 16.9. The van der Waals surface area contributed by atoms with E-state index in [4.69, 9.17) is 5.11 Å². The van der Waals surface area contributed by atoms with Crippen molar-refractivity contribution in [3.8, 4) is 0 Å². The van der Waals surface area contributed by atoms with Crippen molar-refractivity contribution in [2.24, 2.45) is 28.6 Å².